The van der Waals surface area contributed by atoms with Gasteiger partial charge in [-0.15, -0.1) is 10.2 Å². The van der Waals surface area contributed by atoms with Gasteiger partial charge in [-0.1, -0.05) is 17.7 Å². The van der Waals surface area contributed by atoms with Crippen LogP contribution in [0.1, 0.15) is 24.8 Å². The summed E-state index contributed by atoms with van der Waals surface area (Å²) < 4.78 is 11.0. The van der Waals surface area contributed by atoms with E-state index in [1.807, 2.05) is 62.4 Å². The van der Waals surface area contributed by atoms with E-state index in [-0.39, 0.29) is 12.3 Å². The summed E-state index contributed by atoms with van der Waals surface area (Å²) in [6.45, 7) is 4.56. The third-order valence-electron chi connectivity index (χ3n) is 3.78. The number of amides is 1. The molecule has 1 heterocycles. The van der Waals surface area contributed by atoms with Gasteiger partial charge in [0.05, 0.1) is 6.61 Å². The molecule has 6 nitrogen and oxygen atoms in total. The van der Waals surface area contributed by atoms with Crippen LogP contribution in [0.15, 0.2) is 52.9 Å². The summed E-state index contributed by atoms with van der Waals surface area (Å²) in [5, 5.41) is 10.9. The first-order chi connectivity index (χ1) is 12.6. The third-order valence-corrected chi connectivity index (χ3v) is 3.78. The number of carbonyl (C=O) groups excluding carboxylic acids is 1. The number of hydrogen-bond donors (Lipinski definition) is 1. The summed E-state index contributed by atoms with van der Waals surface area (Å²) in [6, 6.07) is 15.1. The summed E-state index contributed by atoms with van der Waals surface area (Å²) >= 11 is 0. The predicted octanol–water partition coefficient (Wildman–Crippen LogP) is 4.02. The SMILES string of the molecule is CCOc1ccc(NC(=O)CCc2nnc(-c3ccc(C)cc3)o2)cc1. The number of aryl methyl sites for hydroxylation is 2. The lowest BCUT2D eigenvalue weighted by atomic mass is 10.1. The fourth-order valence-electron chi connectivity index (χ4n) is 2.41. The maximum atomic E-state index is 12.1. The molecule has 0 saturated heterocycles. The molecule has 26 heavy (non-hydrogen) atoms. The Morgan fingerprint density at radius 2 is 1.81 bits per heavy atom. The van der Waals surface area contributed by atoms with Gasteiger partial charge >= 0.3 is 0 Å². The van der Waals surface area contributed by atoms with Gasteiger partial charge in [-0.2, -0.15) is 0 Å². The molecule has 0 aliphatic carbocycles. The first-order valence-electron chi connectivity index (χ1n) is 8.56. The fraction of sp³-hybridized carbons (Fsp3) is 0.250. The van der Waals surface area contributed by atoms with Crippen LogP contribution in [0.4, 0.5) is 5.69 Å². The topological polar surface area (TPSA) is 77.2 Å². The minimum absolute atomic E-state index is 0.107. The second-order valence-electron chi connectivity index (χ2n) is 5.87. The van der Waals surface area contributed by atoms with Gasteiger partial charge in [-0.25, -0.2) is 0 Å². The van der Waals surface area contributed by atoms with Crippen LogP contribution in [0.25, 0.3) is 11.5 Å². The van der Waals surface area contributed by atoms with Crippen LogP contribution in [0.3, 0.4) is 0 Å². The van der Waals surface area contributed by atoms with Crippen molar-refractivity contribution in [2.24, 2.45) is 0 Å². The molecule has 0 atom stereocenters. The van der Waals surface area contributed by atoms with E-state index in [1.165, 1.54) is 5.56 Å². The van der Waals surface area contributed by atoms with Gasteiger partial charge in [-0.05, 0) is 50.2 Å². The van der Waals surface area contributed by atoms with Gasteiger partial charge in [0.15, 0.2) is 0 Å². The highest BCUT2D eigenvalue weighted by atomic mass is 16.5. The van der Waals surface area contributed by atoms with E-state index in [9.17, 15) is 4.79 Å². The van der Waals surface area contributed by atoms with Crippen molar-refractivity contribution in [2.75, 3.05) is 11.9 Å². The Labute approximate surface area is 152 Å². The van der Waals surface area contributed by atoms with Gasteiger partial charge < -0.3 is 14.5 Å². The summed E-state index contributed by atoms with van der Waals surface area (Å²) in [6.07, 6.45) is 0.657. The van der Waals surface area contributed by atoms with Crippen LogP contribution >= 0.6 is 0 Å². The van der Waals surface area contributed by atoms with Crippen molar-refractivity contribution in [1.29, 1.82) is 0 Å². The van der Waals surface area contributed by atoms with E-state index >= 15 is 0 Å². The molecule has 1 amide bonds. The standard InChI is InChI=1S/C20H21N3O3/c1-3-25-17-10-8-16(9-11-17)21-18(24)12-13-19-22-23-20(26-19)15-6-4-14(2)5-7-15/h4-11H,3,12-13H2,1-2H3,(H,21,24). The van der Waals surface area contributed by atoms with Gasteiger partial charge in [-0.3, -0.25) is 4.79 Å². The van der Waals surface area contributed by atoms with Crippen LogP contribution in [-0.4, -0.2) is 22.7 Å². The lowest BCUT2D eigenvalue weighted by Crippen LogP contribution is -2.12. The minimum atomic E-state index is -0.107. The number of hydrogen-bond acceptors (Lipinski definition) is 5. The number of carbonyl (C=O) groups is 1. The normalized spacial score (nSPS) is 10.5. The van der Waals surface area contributed by atoms with Crippen molar-refractivity contribution in [3.63, 3.8) is 0 Å². The Kier molecular flexibility index (Phi) is 5.63. The molecule has 0 radical (unpaired) electrons. The number of nitrogens with zero attached hydrogens (tertiary/aromatic N) is 2. The molecule has 0 aliphatic heterocycles. The Balaban J connectivity index is 1.52. The lowest BCUT2D eigenvalue weighted by molar-refractivity contribution is -0.116. The van der Waals surface area contributed by atoms with Crippen molar-refractivity contribution >= 4 is 11.6 Å². The van der Waals surface area contributed by atoms with Crippen molar-refractivity contribution in [1.82, 2.24) is 10.2 Å². The quantitative estimate of drug-likeness (QED) is 0.696. The zero-order valence-electron chi connectivity index (χ0n) is 14.9. The molecule has 6 heteroatoms. The first-order valence-corrected chi connectivity index (χ1v) is 8.56. The Morgan fingerprint density at radius 1 is 1.08 bits per heavy atom. The van der Waals surface area contributed by atoms with Gasteiger partial charge in [0.25, 0.3) is 0 Å². The predicted molar refractivity (Wildman–Crippen MR) is 99.0 cm³/mol. The molecule has 0 spiro atoms. The zero-order valence-corrected chi connectivity index (χ0v) is 14.9. The summed E-state index contributed by atoms with van der Waals surface area (Å²) in [4.78, 5) is 12.1. The third kappa shape index (κ3) is 4.69. The summed E-state index contributed by atoms with van der Waals surface area (Å²) in [7, 11) is 0. The lowest BCUT2D eigenvalue weighted by Gasteiger charge is -2.06. The molecular weight excluding hydrogens is 330 g/mol. The molecule has 0 unspecified atom stereocenters. The first kappa shape index (κ1) is 17.7. The number of aromatic nitrogens is 2. The molecule has 134 valence electrons. The highest BCUT2D eigenvalue weighted by Crippen LogP contribution is 2.19. The molecule has 0 saturated carbocycles. The number of rotatable bonds is 7. The van der Waals surface area contributed by atoms with Gasteiger partial charge in [0.1, 0.15) is 5.75 Å². The molecule has 2 aromatic carbocycles. The monoisotopic (exact) mass is 351 g/mol. The van der Waals surface area contributed by atoms with Crippen LogP contribution in [0, 0.1) is 6.92 Å². The van der Waals surface area contributed by atoms with E-state index in [1.54, 1.807) is 0 Å². The van der Waals surface area contributed by atoms with Crippen molar-refractivity contribution in [2.45, 2.75) is 26.7 Å². The second kappa shape index (κ2) is 8.29. The van der Waals surface area contributed by atoms with Crippen LogP contribution in [0.2, 0.25) is 0 Å². The molecule has 1 N–H and O–H groups in total. The Hall–Kier alpha value is -3.15. The minimum Gasteiger partial charge on any atom is -0.494 e. The van der Waals surface area contributed by atoms with E-state index in [4.69, 9.17) is 9.15 Å². The van der Waals surface area contributed by atoms with E-state index in [0.717, 1.165) is 17.0 Å². The molecule has 0 aliphatic rings. The number of anilines is 1. The fourth-order valence-corrected chi connectivity index (χ4v) is 2.41. The molecule has 3 aromatic rings. The average Bonchev–Trinajstić information content (AvgIpc) is 3.11. The Bertz CT molecular complexity index is 855. The number of ether oxygens (including phenoxy) is 1. The molecule has 0 bridgehead atoms. The average molecular weight is 351 g/mol. The Morgan fingerprint density at radius 3 is 2.50 bits per heavy atom. The van der Waals surface area contributed by atoms with Gasteiger partial charge in [0.2, 0.25) is 17.7 Å². The van der Waals surface area contributed by atoms with E-state index in [2.05, 4.69) is 15.5 Å². The molecule has 0 fully saturated rings. The highest BCUT2D eigenvalue weighted by molar-refractivity contribution is 5.90. The summed E-state index contributed by atoms with van der Waals surface area (Å²) in [5.74, 6) is 1.58. The largest absolute Gasteiger partial charge is 0.494 e. The maximum Gasteiger partial charge on any atom is 0.247 e. The van der Waals surface area contributed by atoms with Crippen molar-refractivity contribution in [3.05, 3.63) is 60.0 Å². The maximum absolute atomic E-state index is 12.1. The number of benzene rings is 2. The van der Waals surface area contributed by atoms with Crippen molar-refractivity contribution < 1.29 is 13.9 Å². The zero-order chi connectivity index (χ0) is 18.4. The van der Waals surface area contributed by atoms with Crippen molar-refractivity contribution in [3.8, 4) is 17.2 Å². The molecular formula is C20H21N3O3. The van der Waals surface area contributed by atoms with Crippen LogP contribution < -0.4 is 10.1 Å². The molecule has 3 rings (SSSR count). The highest BCUT2D eigenvalue weighted by Gasteiger charge is 2.11. The smallest absolute Gasteiger partial charge is 0.247 e. The second-order valence-corrected chi connectivity index (χ2v) is 5.87. The van der Waals surface area contributed by atoms with E-state index < -0.39 is 0 Å². The van der Waals surface area contributed by atoms with Gasteiger partial charge in [0, 0.05) is 24.1 Å². The molecule has 1 aromatic heterocycles. The number of nitrogens with one attached hydrogen (secondary N) is 1. The van der Waals surface area contributed by atoms with Crippen LogP contribution in [0.5, 0.6) is 5.75 Å². The van der Waals surface area contributed by atoms with Crippen LogP contribution in [-0.2, 0) is 11.2 Å². The van der Waals surface area contributed by atoms with E-state index in [0.29, 0.717) is 24.8 Å². The summed E-state index contributed by atoms with van der Waals surface area (Å²) in [5.41, 5.74) is 2.76.